The van der Waals surface area contributed by atoms with Gasteiger partial charge in [0.15, 0.2) is 5.58 Å². The molecule has 0 aliphatic heterocycles. The van der Waals surface area contributed by atoms with Crippen LogP contribution < -0.4 is 9.80 Å². The van der Waals surface area contributed by atoms with Gasteiger partial charge in [0.1, 0.15) is 16.7 Å². The van der Waals surface area contributed by atoms with E-state index in [1.807, 2.05) is 12.1 Å². The van der Waals surface area contributed by atoms with Crippen LogP contribution in [0.1, 0.15) is 0 Å². The number of hydrogen-bond acceptors (Lipinski definition) is 4. The molecule has 0 unspecified atom stereocenters. The van der Waals surface area contributed by atoms with Crippen molar-refractivity contribution in [3.8, 4) is 11.1 Å². The molecule has 9 aromatic carbocycles. The van der Waals surface area contributed by atoms with E-state index < -0.39 is 0 Å². The summed E-state index contributed by atoms with van der Waals surface area (Å²) >= 11 is 0. The first-order valence-corrected chi connectivity index (χ1v) is 18.9. The molecule has 0 radical (unpaired) electrons. The average molecular weight is 719 g/mol. The van der Waals surface area contributed by atoms with Gasteiger partial charge >= 0.3 is 0 Å². The average Bonchev–Trinajstić information content (AvgIpc) is 3.85. The number of hydrogen-bond donors (Lipinski definition) is 0. The van der Waals surface area contributed by atoms with Crippen LogP contribution in [0.15, 0.2) is 215 Å². The third-order valence-corrected chi connectivity index (χ3v) is 10.8. The van der Waals surface area contributed by atoms with Gasteiger partial charge in [0.25, 0.3) is 0 Å². The molecule has 2 heterocycles. The maximum absolute atomic E-state index is 6.78. The lowest BCUT2D eigenvalue weighted by molar-refractivity contribution is 0.669. The summed E-state index contributed by atoms with van der Waals surface area (Å²) in [5.41, 5.74) is 12.1. The van der Waals surface area contributed by atoms with Gasteiger partial charge in [-0.15, -0.1) is 0 Å². The van der Waals surface area contributed by atoms with Gasteiger partial charge in [-0.2, -0.15) is 0 Å². The zero-order chi connectivity index (χ0) is 37.0. The molecule has 0 aliphatic rings. The number of furan rings is 2. The van der Waals surface area contributed by atoms with Crippen LogP contribution in [0.4, 0.5) is 34.1 Å². The van der Waals surface area contributed by atoms with E-state index in [1.54, 1.807) is 0 Å². The molecule has 0 saturated carbocycles. The zero-order valence-electron chi connectivity index (χ0n) is 30.3. The monoisotopic (exact) mass is 718 g/mol. The second kappa shape index (κ2) is 13.1. The summed E-state index contributed by atoms with van der Waals surface area (Å²) in [5, 5.41) is 6.58. The minimum atomic E-state index is 0.859. The summed E-state index contributed by atoms with van der Waals surface area (Å²) in [6.45, 7) is 0. The maximum atomic E-state index is 6.78. The molecule has 4 nitrogen and oxygen atoms in total. The van der Waals surface area contributed by atoms with Crippen LogP contribution in [0, 0.1) is 0 Å². The number of fused-ring (bicyclic) bond motifs is 8. The van der Waals surface area contributed by atoms with Gasteiger partial charge in [-0.3, -0.25) is 0 Å². The van der Waals surface area contributed by atoms with Gasteiger partial charge in [-0.05, 0) is 83.9 Å². The van der Waals surface area contributed by atoms with E-state index in [-0.39, 0.29) is 0 Å². The Morgan fingerprint density at radius 2 is 0.786 bits per heavy atom. The van der Waals surface area contributed by atoms with E-state index in [0.29, 0.717) is 0 Å². The first-order chi connectivity index (χ1) is 27.8. The second-order valence-corrected chi connectivity index (χ2v) is 14.1. The minimum absolute atomic E-state index is 0.859. The van der Waals surface area contributed by atoms with Crippen molar-refractivity contribution in [1.29, 1.82) is 0 Å². The van der Waals surface area contributed by atoms with Crippen LogP contribution >= 0.6 is 0 Å². The van der Waals surface area contributed by atoms with Gasteiger partial charge in [0.2, 0.25) is 0 Å². The molecule has 0 bridgehead atoms. The Bertz CT molecular complexity index is 3150. The Morgan fingerprint density at radius 3 is 1.46 bits per heavy atom. The Kier molecular flexibility index (Phi) is 7.46. The molecular weight excluding hydrogens is 685 g/mol. The van der Waals surface area contributed by atoms with Crippen molar-refractivity contribution in [2.24, 2.45) is 0 Å². The molecule has 4 heteroatoms. The Morgan fingerprint density at radius 1 is 0.304 bits per heavy atom. The molecule has 0 amide bonds. The van der Waals surface area contributed by atoms with Crippen molar-refractivity contribution in [3.63, 3.8) is 0 Å². The summed E-state index contributed by atoms with van der Waals surface area (Å²) < 4.78 is 13.3. The predicted octanol–water partition coefficient (Wildman–Crippen LogP) is 15.2. The van der Waals surface area contributed by atoms with Gasteiger partial charge in [-0.1, -0.05) is 133 Å². The van der Waals surface area contributed by atoms with Gasteiger partial charge < -0.3 is 18.6 Å². The van der Waals surface area contributed by atoms with Crippen LogP contribution in [0.25, 0.3) is 65.8 Å². The van der Waals surface area contributed by atoms with E-state index >= 15 is 0 Å². The standard InChI is InChI=1S/C52H34N2O2/c1-4-16-36(17-5-1)53(46-27-14-26-44-42-23-12-13-28-48(42)55-52(44)46)39-32-30-35(31-33-39)40-25-15-29-49-50(40)45-34-47(41-22-10-11-24-43(41)51(45)56-49)54(37-18-6-2-7-19-37)38-20-8-3-9-21-38/h1-34H. The lowest BCUT2D eigenvalue weighted by Crippen LogP contribution is -2.10. The van der Waals surface area contributed by atoms with Crippen molar-refractivity contribution >= 4 is 88.8 Å². The number of benzene rings is 9. The van der Waals surface area contributed by atoms with Crippen molar-refractivity contribution < 1.29 is 8.83 Å². The topological polar surface area (TPSA) is 32.8 Å². The molecule has 11 aromatic rings. The highest BCUT2D eigenvalue weighted by Crippen LogP contribution is 2.47. The van der Waals surface area contributed by atoms with E-state index in [2.05, 4.69) is 204 Å². The molecule has 0 N–H and O–H groups in total. The van der Waals surface area contributed by atoms with Gasteiger partial charge in [0, 0.05) is 55.1 Å². The van der Waals surface area contributed by atoms with Crippen LogP contribution in [0.3, 0.4) is 0 Å². The summed E-state index contributed by atoms with van der Waals surface area (Å²) in [5.74, 6) is 0. The quantitative estimate of drug-likeness (QED) is 0.164. The van der Waals surface area contributed by atoms with Crippen molar-refractivity contribution in [2.75, 3.05) is 9.80 Å². The highest BCUT2D eigenvalue weighted by atomic mass is 16.3. The molecular formula is C52H34N2O2. The number of para-hydroxylation sites is 5. The summed E-state index contributed by atoms with van der Waals surface area (Å²) in [6.07, 6.45) is 0. The Hall–Kier alpha value is -7.56. The normalized spacial score (nSPS) is 11.6. The fraction of sp³-hybridized carbons (Fsp3) is 0. The Labute approximate surface area is 323 Å². The first kappa shape index (κ1) is 31.9. The summed E-state index contributed by atoms with van der Waals surface area (Å²) in [7, 11) is 0. The number of rotatable bonds is 7. The van der Waals surface area contributed by atoms with Crippen LogP contribution in [-0.2, 0) is 0 Å². The molecule has 0 aliphatic carbocycles. The van der Waals surface area contributed by atoms with Crippen molar-refractivity contribution in [3.05, 3.63) is 206 Å². The van der Waals surface area contributed by atoms with E-state index in [9.17, 15) is 0 Å². The lowest BCUT2D eigenvalue weighted by Gasteiger charge is -2.27. The third-order valence-electron chi connectivity index (χ3n) is 10.8. The van der Waals surface area contributed by atoms with Crippen LogP contribution in [-0.4, -0.2) is 0 Å². The molecule has 0 atom stereocenters. The highest BCUT2D eigenvalue weighted by molar-refractivity contribution is 6.22. The minimum Gasteiger partial charge on any atom is -0.455 e. The fourth-order valence-electron chi connectivity index (χ4n) is 8.34. The molecule has 2 aromatic heterocycles. The molecule has 264 valence electrons. The molecule has 56 heavy (non-hydrogen) atoms. The molecule has 0 saturated heterocycles. The molecule has 0 fully saturated rings. The zero-order valence-corrected chi connectivity index (χ0v) is 30.3. The fourth-order valence-corrected chi connectivity index (χ4v) is 8.34. The van der Waals surface area contributed by atoms with Crippen molar-refractivity contribution in [2.45, 2.75) is 0 Å². The largest absolute Gasteiger partial charge is 0.455 e. The highest BCUT2D eigenvalue weighted by Gasteiger charge is 2.23. The third kappa shape index (κ3) is 5.15. The number of nitrogens with zero attached hydrogens (tertiary/aromatic N) is 2. The number of anilines is 6. The molecule has 0 spiro atoms. The van der Waals surface area contributed by atoms with E-state index in [1.165, 1.54) is 0 Å². The Balaban J connectivity index is 1.09. The molecule has 11 rings (SSSR count). The predicted molar refractivity (Wildman–Crippen MR) is 233 cm³/mol. The van der Waals surface area contributed by atoms with Crippen molar-refractivity contribution in [1.82, 2.24) is 0 Å². The van der Waals surface area contributed by atoms with Crippen LogP contribution in [0.5, 0.6) is 0 Å². The maximum Gasteiger partial charge on any atom is 0.159 e. The van der Waals surface area contributed by atoms with Gasteiger partial charge in [0.05, 0.1) is 11.4 Å². The van der Waals surface area contributed by atoms with E-state index in [4.69, 9.17) is 8.83 Å². The summed E-state index contributed by atoms with van der Waals surface area (Å²) in [6, 6.07) is 72.4. The summed E-state index contributed by atoms with van der Waals surface area (Å²) in [4.78, 5) is 4.63. The first-order valence-electron chi connectivity index (χ1n) is 18.9. The van der Waals surface area contributed by atoms with Gasteiger partial charge in [-0.25, -0.2) is 0 Å². The smallest absolute Gasteiger partial charge is 0.159 e. The lowest BCUT2D eigenvalue weighted by atomic mass is 9.96. The van der Waals surface area contributed by atoms with E-state index in [0.717, 1.165) is 99.9 Å². The van der Waals surface area contributed by atoms with Crippen LogP contribution in [0.2, 0.25) is 0 Å². The second-order valence-electron chi connectivity index (χ2n) is 14.1. The SMILES string of the molecule is c1ccc(N(c2ccccc2)c2cc3c(oc4cccc(-c5ccc(N(c6ccccc6)c6cccc7c6oc6ccccc67)cc5)c43)c3ccccc23)cc1.